The lowest BCUT2D eigenvalue weighted by molar-refractivity contribution is -0.873. The van der Waals surface area contributed by atoms with Gasteiger partial charge in [0, 0.05) is 19.3 Å². The third-order valence-electron chi connectivity index (χ3n) is 2.53. The Morgan fingerprint density at radius 2 is 2.36 bits per heavy atom. The number of aliphatic hydroxyl groups excluding tert-OH is 1. The molecule has 0 aromatic heterocycles. The predicted molar refractivity (Wildman–Crippen MR) is 43.7 cm³/mol. The first-order valence-electron chi connectivity index (χ1n) is 4.26. The summed E-state index contributed by atoms with van der Waals surface area (Å²) in [5.41, 5.74) is 0. The number of hydrogen-bond acceptors (Lipinski definition) is 2. The van der Waals surface area contributed by atoms with Gasteiger partial charge in [0.2, 0.25) is 0 Å². The minimum atomic E-state index is -0.329. The van der Waals surface area contributed by atoms with Gasteiger partial charge in [-0.25, -0.2) is 0 Å². The van der Waals surface area contributed by atoms with Gasteiger partial charge in [0.25, 0.3) is 0 Å². The molecule has 0 radical (unpaired) electrons. The van der Waals surface area contributed by atoms with Crippen molar-refractivity contribution in [2.24, 2.45) is 0 Å². The van der Waals surface area contributed by atoms with Crippen LogP contribution in [0.25, 0.3) is 0 Å². The summed E-state index contributed by atoms with van der Waals surface area (Å²) >= 11 is 0. The summed E-state index contributed by atoms with van der Waals surface area (Å²) in [5.74, 6) is 0. The molecule has 0 aromatic rings. The topological polar surface area (TPSA) is 43.3 Å². The van der Waals surface area contributed by atoms with E-state index in [0.717, 1.165) is 19.4 Å². The van der Waals surface area contributed by atoms with Gasteiger partial charge in [0.05, 0.1) is 25.7 Å². The van der Waals surface area contributed by atoms with Gasteiger partial charge >= 0.3 is 0 Å². The molecule has 0 spiro atoms. The summed E-state index contributed by atoms with van der Waals surface area (Å²) in [4.78, 5) is 0. The molecule has 1 aliphatic rings. The van der Waals surface area contributed by atoms with Gasteiger partial charge in [-0.15, -0.1) is 0 Å². The molecule has 1 saturated heterocycles. The number of likely N-dealkylation sites (tertiary alicyclic amines) is 1. The van der Waals surface area contributed by atoms with E-state index in [0.29, 0.717) is 6.42 Å². The Bertz CT molecular complexity index is 134. The number of quaternary nitrogens is 1. The third kappa shape index (κ3) is 2.15. The second-order valence-electron chi connectivity index (χ2n) is 3.78. The Hall–Kier alpha value is -0.120. The van der Waals surface area contributed by atoms with Crippen LogP contribution in [0.1, 0.15) is 26.2 Å². The van der Waals surface area contributed by atoms with Crippen molar-refractivity contribution in [1.29, 1.82) is 0 Å². The fourth-order valence-corrected chi connectivity index (χ4v) is 1.83. The van der Waals surface area contributed by atoms with E-state index in [1.807, 2.05) is 0 Å². The number of nitrogens with zero attached hydrogens (tertiary/aromatic N) is 1. The van der Waals surface area contributed by atoms with Crippen LogP contribution in [0.2, 0.25) is 0 Å². The van der Waals surface area contributed by atoms with Crippen LogP contribution in [-0.2, 0) is 0 Å². The minimum Gasteiger partial charge on any atom is -0.633 e. The van der Waals surface area contributed by atoms with E-state index in [2.05, 4.69) is 0 Å². The maximum Gasteiger partial charge on any atom is 0.0912 e. The fourth-order valence-electron chi connectivity index (χ4n) is 1.83. The molecule has 66 valence electrons. The fraction of sp³-hybridized carbons (Fsp3) is 1.00. The molecule has 1 rings (SSSR count). The third-order valence-corrected chi connectivity index (χ3v) is 2.53. The molecular weight excluding hydrogens is 142 g/mol. The van der Waals surface area contributed by atoms with Crippen LogP contribution in [0.15, 0.2) is 0 Å². The van der Waals surface area contributed by atoms with Crippen LogP contribution in [0.5, 0.6) is 0 Å². The molecule has 1 heterocycles. The highest BCUT2D eigenvalue weighted by atomic mass is 16.5. The first-order chi connectivity index (χ1) is 5.02. The highest BCUT2D eigenvalue weighted by molar-refractivity contribution is 4.69. The van der Waals surface area contributed by atoms with Crippen molar-refractivity contribution in [3.63, 3.8) is 0 Å². The highest BCUT2D eigenvalue weighted by Gasteiger charge is 2.31. The molecule has 11 heavy (non-hydrogen) atoms. The summed E-state index contributed by atoms with van der Waals surface area (Å²) < 4.78 is -0.148. The quantitative estimate of drug-likeness (QED) is 0.480. The molecular formula is C8H17NO2. The Morgan fingerprint density at radius 3 is 2.73 bits per heavy atom. The van der Waals surface area contributed by atoms with Gasteiger partial charge in [-0.1, -0.05) is 0 Å². The Balaban J connectivity index is 2.45. The molecule has 3 atom stereocenters. The Labute approximate surface area is 67.8 Å². The Kier molecular flexibility index (Phi) is 2.52. The molecule has 0 aromatic carbocycles. The largest absolute Gasteiger partial charge is 0.633 e. The SMILES string of the molecule is C[C@H](O)C[C@@H]1CCC[N+]1(C)[O-]. The first-order valence-corrected chi connectivity index (χ1v) is 4.26. The minimum absolute atomic E-state index is 0.134. The smallest absolute Gasteiger partial charge is 0.0912 e. The second-order valence-corrected chi connectivity index (χ2v) is 3.78. The first kappa shape index (κ1) is 8.97. The van der Waals surface area contributed by atoms with Crippen molar-refractivity contribution >= 4 is 0 Å². The van der Waals surface area contributed by atoms with Gasteiger partial charge in [0.15, 0.2) is 0 Å². The standard InChI is InChI=1S/C8H17NO2/c1-7(10)6-8-4-3-5-9(8,2)11/h7-8,10H,3-6H2,1-2H3/t7-,8-,9?/m0/s1. The van der Waals surface area contributed by atoms with E-state index in [1.165, 1.54) is 0 Å². The maximum atomic E-state index is 11.6. The molecule has 3 nitrogen and oxygen atoms in total. The molecule has 0 saturated carbocycles. The molecule has 0 amide bonds. The van der Waals surface area contributed by atoms with Gasteiger partial charge in [-0.2, -0.15) is 0 Å². The van der Waals surface area contributed by atoms with Crippen molar-refractivity contribution in [1.82, 2.24) is 0 Å². The number of hydrogen-bond donors (Lipinski definition) is 1. The van der Waals surface area contributed by atoms with Gasteiger partial charge in [0.1, 0.15) is 0 Å². The molecule has 0 aliphatic carbocycles. The van der Waals surface area contributed by atoms with E-state index in [1.54, 1.807) is 14.0 Å². The van der Waals surface area contributed by atoms with Crippen LogP contribution in [0, 0.1) is 5.21 Å². The normalized spacial score (nSPS) is 40.9. The lowest BCUT2D eigenvalue weighted by Crippen LogP contribution is -2.43. The van der Waals surface area contributed by atoms with E-state index in [4.69, 9.17) is 5.11 Å². The van der Waals surface area contributed by atoms with E-state index < -0.39 is 0 Å². The van der Waals surface area contributed by atoms with Crippen LogP contribution in [0.3, 0.4) is 0 Å². The Morgan fingerprint density at radius 1 is 1.73 bits per heavy atom. The molecule has 1 fully saturated rings. The van der Waals surface area contributed by atoms with Gasteiger partial charge < -0.3 is 15.0 Å². The summed E-state index contributed by atoms with van der Waals surface area (Å²) in [6.45, 7) is 2.47. The van der Waals surface area contributed by atoms with E-state index in [9.17, 15) is 5.21 Å². The molecule has 0 bridgehead atoms. The zero-order chi connectivity index (χ0) is 8.48. The molecule has 1 unspecified atom stereocenters. The van der Waals surface area contributed by atoms with Crippen LogP contribution in [-0.4, -0.2) is 35.5 Å². The molecule has 1 N–H and O–H groups in total. The second kappa shape index (κ2) is 3.09. The van der Waals surface area contributed by atoms with Crippen molar-refractivity contribution in [2.75, 3.05) is 13.6 Å². The van der Waals surface area contributed by atoms with Crippen LogP contribution in [0.4, 0.5) is 0 Å². The zero-order valence-corrected chi connectivity index (χ0v) is 7.29. The zero-order valence-electron chi connectivity index (χ0n) is 7.29. The monoisotopic (exact) mass is 159 g/mol. The number of rotatable bonds is 2. The summed E-state index contributed by atoms with van der Waals surface area (Å²) in [6, 6.07) is 0.134. The van der Waals surface area contributed by atoms with Crippen molar-refractivity contribution in [3.8, 4) is 0 Å². The van der Waals surface area contributed by atoms with Crippen LogP contribution < -0.4 is 0 Å². The average molecular weight is 159 g/mol. The van der Waals surface area contributed by atoms with E-state index >= 15 is 0 Å². The lowest BCUT2D eigenvalue weighted by Gasteiger charge is -2.40. The number of aliphatic hydroxyl groups is 1. The van der Waals surface area contributed by atoms with Crippen molar-refractivity contribution in [2.45, 2.75) is 38.3 Å². The van der Waals surface area contributed by atoms with Crippen molar-refractivity contribution < 1.29 is 9.75 Å². The lowest BCUT2D eigenvalue weighted by atomic mass is 10.1. The molecule has 3 heteroatoms. The predicted octanol–water partition coefficient (Wildman–Crippen LogP) is 0.864. The van der Waals surface area contributed by atoms with Gasteiger partial charge in [-0.3, -0.25) is 0 Å². The van der Waals surface area contributed by atoms with E-state index in [-0.39, 0.29) is 16.8 Å². The summed E-state index contributed by atoms with van der Waals surface area (Å²) in [5, 5.41) is 20.7. The highest BCUT2D eigenvalue weighted by Crippen LogP contribution is 2.26. The average Bonchev–Trinajstić information content (AvgIpc) is 2.10. The maximum absolute atomic E-state index is 11.6. The summed E-state index contributed by atoms with van der Waals surface area (Å²) in [7, 11) is 1.71. The van der Waals surface area contributed by atoms with Gasteiger partial charge in [-0.05, 0) is 6.92 Å². The number of hydroxylamine groups is 3. The van der Waals surface area contributed by atoms with Crippen molar-refractivity contribution in [3.05, 3.63) is 5.21 Å². The summed E-state index contributed by atoms with van der Waals surface area (Å²) in [6.07, 6.45) is 2.31. The van der Waals surface area contributed by atoms with Crippen LogP contribution >= 0.6 is 0 Å². The molecule has 1 aliphatic heterocycles.